The number of benzene rings is 2. The summed E-state index contributed by atoms with van der Waals surface area (Å²) in [4.78, 5) is 19.0. The Labute approximate surface area is 192 Å². The van der Waals surface area contributed by atoms with E-state index in [-0.39, 0.29) is 5.69 Å². The average Bonchev–Trinajstić information content (AvgIpc) is 2.80. The van der Waals surface area contributed by atoms with E-state index < -0.39 is 17.7 Å². The Morgan fingerprint density at radius 3 is 2.52 bits per heavy atom. The molecule has 0 radical (unpaired) electrons. The lowest BCUT2D eigenvalue weighted by Gasteiger charge is -2.30. The number of carbonyl (C=O) groups is 1. The molecule has 4 rings (SSSR count). The number of aromatic nitrogens is 1. The molecule has 0 atom stereocenters. The maximum atomic E-state index is 13.3. The zero-order valence-corrected chi connectivity index (χ0v) is 18.9. The van der Waals surface area contributed by atoms with Gasteiger partial charge in [0.1, 0.15) is 5.82 Å². The molecule has 8 heteroatoms. The standard InChI is InChI=1S/C25H29F2N5O/c1-32(2)23-14-24(31-22-6-4-3-5-19(22)23)29-17-9-7-16(8-10-17)15-28-25(33)30-18-11-12-20(26)21(27)13-18/h3-6,11-14,16-17H,7-10,15H2,1-2H3,(H,29,31)(H2,28,30,33)/t16-,17+. The number of anilines is 3. The molecular formula is C25H29F2N5O. The van der Waals surface area contributed by atoms with Crippen molar-refractivity contribution in [2.24, 2.45) is 5.92 Å². The molecule has 2 aromatic carbocycles. The largest absolute Gasteiger partial charge is 0.377 e. The summed E-state index contributed by atoms with van der Waals surface area (Å²) in [5.74, 6) is -0.675. The highest BCUT2D eigenvalue weighted by molar-refractivity contribution is 5.93. The quantitative estimate of drug-likeness (QED) is 0.469. The van der Waals surface area contributed by atoms with Crippen molar-refractivity contribution in [2.45, 2.75) is 31.7 Å². The highest BCUT2D eigenvalue weighted by Crippen LogP contribution is 2.30. The number of para-hydroxylation sites is 1. The van der Waals surface area contributed by atoms with Crippen LogP contribution in [0.2, 0.25) is 0 Å². The number of rotatable bonds is 6. The third-order valence-corrected chi connectivity index (χ3v) is 6.10. The highest BCUT2D eigenvalue weighted by Gasteiger charge is 2.22. The molecule has 1 heterocycles. The summed E-state index contributed by atoms with van der Waals surface area (Å²) >= 11 is 0. The average molecular weight is 454 g/mol. The van der Waals surface area contributed by atoms with Crippen molar-refractivity contribution in [2.75, 3.05) is 36.2 Å². The molecule has 33 heavy (non-hydrogen) atoms. The summed E-state index contributed by atoms with van der Waals surface area (Å²) in [6, 6.07) is 13.4. The van der Waals surface area contributed by atoms with Crippen LogP contribution in [0.25, 0.3) is 10.9 Å². The first-order chi connectivity index (χ1) is 15.9. The topological polar surface area (TPSA) is 69.3 Å². The molecule has 0 unspecified atom stereocenters. The smallest absolute Gasteiger partial charge is 0.319 e. The van der Waals surface area contributed by atoms with Gasteiger partial charge in [0.05, 0.1) is 5.52 Å². The fraction of sp³-hybridized carbons (Fsp3) is 0.360. The minimum absolute atomic E-state index is 0.222. The Hall–Kier alpha value is -3.42. The number of hydrogen-bond acceptors (Lipinski definition) is 4. The van der Waals surface area contributed by atoms with Crippen LogP contribution in [0.3, 0.4) is 0 Å². The van der Waals surface area contributed by atoms with Gasteiger partial charge in [-0.2, -0.15) is 0 Å². The first-order valence-corrected chi connectivity index (χ1v) is 11.2. The summed E-state index contributed by atoms with van der Waals surface area (Å²) in [5, 5.41) is 10.1. The van der Waals surface area contributed by atoms with Crippen molar-refractivity contribution in [1.29, 1.82) is 0 Å². The normalized spacial score (nSPS) is 18.1. The second kappa shape index (κ2) is 10.0. The minimum atomic E-state index is -0.989. The molecule has 1 saturated carbocycles. The van der Waals surface area contributed by atoms with Crippen LogP contribution < -0.4 is 20.9 Å². The van der Waals surface area contributed by atoms with Gasteiger partial charge in [-0.25, -0.2) is 18.6 Å². The van der Waals surface area contributed by atoms with Crippen molar-refractivity contribution in [1.82, 2.24) is 10.3 Å². The van der Waals surface area contributed by atoms with E-state index in [9.17, 15) is 13.6 Å². The Bertz CT molecular complexity index is 1130. The molecule has 3 aromatic rings. The van der Waals surface area contributed by atoms with Crippen LogP contribution in [-0.2, 0) is 0 Å². The number of carbonyl (C=O) groups excluding carboxylic acids is 1. The van der Waals surface area contributed by atoms with Crippen molar-refractivity contribution < 1.29 is 13.6 Å². The minimum Gasteiger partial charge on any atom is -0.377 e. The molecule has 1 fully saturated rings. The SMILES string of the molecule is CN(C)c1cc(N[C@H]2CC[C@@H](CNC(=O)Nc3ccc(F)c(F)c3)CC2)nc2ccccc12. The summed E-state index contributed by atoms with van der Waals surface area (Å²) < 4.78 is 26.3. The van der Waals surface area contributed by atoms with E-state index in [1.54, 1.807) is 0 Å². The maximum absolute atomic E-state index is 13.3. The van der Waals surface area contributed by atoms with Crippen LogP contribution in [0.1, 0.15) is 25.7 Å². The van der Waals surface area contributed by atoms with Crippen LogP contribution in [0.4, 0.5) is 30.8 Å². The van der Waals surface area contributed by atoms with E-state index in [0.717, 1.165) is 60.2 Å². The first-order valence-electron chi connectivity index (χ1n) is 11.2. The second-order valence-electron chi connectivity index (χ2n) is 8.76. The summed E-state index contributed by atoms with van der Waals surface area (Å²) in [7, 11) is 4.07. The molecule has 0 spiro atoms. The third kappa shape index (κ3) is 5.69. The molecule has 2 amide bonds. The second-order valence-corrected chi connectivity index (χ2v) is 8.76. The molecule has 1 aliphatic rings. The van der Waals surface area contributed by atoms with Crippen molar-refractivity contribution in [3.05, 3.63) is 60.2 Å². The lowest BCUT2D eigenvalue weighted by Crippen LogP contribution is -2.36. The van der Waals surface area contributed by atoms with E-state index in [2.05, 4.69) is 33.0 Å². The highest BCUT2D eigenvalue weighted by atomic mass is 19.2. The van der Waals surface area contributed by atoms with Gasteiger partial charge in [-0.05, 0) is 49.8 Å². The fourth-order valence-electron chi connectivity index (χ4n) is 4.31. The number of nitrogens with one attached hydrogen (secondary N) is 3. The van der Waals surface area contributed by atoms with Crippen molar-refractivity contribution in [3.8, 4) is 0 Å². The summed E-state index contributed by atoms with van der Waals surface area (Å²) in [6.45, 7) is 0.543. The first kappa shape index (κ1) is 22.8. The molecule has 174 valence electrons. The van der Waals surface area contributed by atoms with Crippen LogP contribution in [0, 0.1) is 17.6 Å². The van der Waals surface area contributed by atoms with Crippen LogP contribution >= 0.6 is 0 Å². The molecule has 1 aliphatic carbocycles. The van der Waals surface area contributed by atoms with Gasteiger partial charge in [0.2, 0.25) is 0 Å². The lowest BCUT2D eigenvalue weighted by atomic mass is 9.86. The summed E-state index contributed by atoms with van der Waals surface area (Å²) in [6.07, 6.45) is 3.94. The number of pyridine rings is 1. The van der Waals surface area contributed by atoms with Crippen LogP contribution in [0.5, 0.6) is 0 Å². The zero-order valence-electron chi connectivity index (χ0n) is 18.9. The fourth-order valence-corrected chi connectivity index (χ4v) is 4.31. The molecule has 0 saturated heterocycles. The van der Waals surface area contributed by atoms with Gasteiger partial charge < -0.3 is 20.9 Å². The number of halogens is 2. The van der Waals surface area contributed by atoms with E-state index in [4.69, 9.17) is 4.98 Å². The van der Waals surface area contributed by atoms with Crippen LogP contribution in [-0.4, -0.2) is 37.7 Å². The van der Waals surface area contributed by atoms with E-state index in [1.165, 1.54) is 6.07 Å². The Kier molecular flexibility index (Phi) is 6.91. The lowest BCUT2D eigenvalue weighted by molar-refractivity contribution is 0.246. The zero-order chi connectivity index (χ0) is 23.4. The van der Waals surface area contributed by atoms with Crippen LogP contribution in [0.15, 0.2) is 48.5 Å². The van der Waals surface area contributed by atoms with E-state index in [1.807, 2.05) is 32.3 Å². The Balaban J connectivity index is 1.27. The van der Waals surface area contributed by atoms with Crippen molar-refractivity contribution >= 4 is 34.1 Å². The third-order valence-electron chi connectivity index (χ3n) is 6.10. The van der Waals surface area contributed by atoms with Gasteiger partial charge in [-0.15, -0.1) is 0 Å². The Morgan fingerprint density at radius 2 is 1.79 bits per heavy atom. The van der Waals surface area contributed by atoms with Crippen molar-refractivity contribution in [3.63, 3.8) is 0 Å². The molecule has 6 nitrogen and oxygen atoms in total. The number of nitrogens with zero attached hydrogens (tertiary/aromatic N) is 2. The number of amides is 2. The number of fused-ring (bicyclic) bond motifs is 1. The molecular weight excluding hydrogens is 424 g/mol. The molecule has 0 aliphatic heterocycles. The number of urea groups is 1. The molecule has 3 N–H and O–H groups in total. The predicted molar refractivity (Wildman–Crippen MR) is 129 cm³/mol. The monoisotopic (exact) mass is 453 g/mol. The maximum Gasteiger partial charge on any atom is 0.319 e. The van der Waals surface area contributed by atoms with Gasteiger partial charge in [0.15, 0.2) is 11.6 Å². The van der Waals surface area contributed by atoms with Gasteiger partial charge in [-0.3, -0.25) is 0 Å². The Morgan fingerprint density at radius 1 is 1.03 bits per heavy atom. The van der Waals surface area contributed by atoms with Gasteiger partial charge in [0, 0.05) is 55.6 Å². The van der Waals surface area contributed by atoms with Gasteiger partial charge in [0.25, 0.3) is 0 Å². The number of hydrogen-bond donors (Lipinski definition) is 3. The molecule has 1 aromatic heterocycles. The molecule has 0 bridgehead atoms. The van der Waals surface area contributed by atoms with E-state index in [0.29, 0.717) is 18.5 Å². The van der Waals surface area contributed by atoms with Gasteiger partial charge >= 0.3 is 6.03 Å². The summed E-state index contributed by atoms with van der Waals surface area (Å²) in [5.41, 5.74) is 2.32. The van der Waals surface area contributed by atoms with E-state index >= 15 is 0 Å². The predicted octanol–water partition coefficient (Wildman–Crippen LogP) is 5.37. The van der Waals surface area contributed by atoms with Gasteiger partial charge in [-0.1, -0.05) is 18.2 Å².